The molecule has 0 aliphatic carbocycles. The van der Waals surface area contributed by atoms with E-state index < -0.39 is 11.6 Å². The lowest BCUT2D eigenvalue weighted by Crippen LogP contribution is -2.19. The van der Waals surface area contributed by atoms with Gasteiger partial charge in [0.15, 0.2) is 11.6 Å². The summed E-state index contributed by atoms with van der Waals surface area (Å²) in [5.74, 6) is -2.05. The van der Waals surface area contributed by atoms with E-state index in [1.165, 1.54) is 12.1 Å². The Balaban J connectivity index is 2.93. The molecule has 1 unspecified atom stereocenters. The molecule has 2 nitrogen and oxygen atoms in total. The van der Waals surface area contributed by atoms with Gasteiger partial charge in [-0.15, -0.1) is 0 Å². The zero-order chi connectivity index (χ0) is 12.8. The Hall–Kier alpha value is -1.63. The van der Waals surface area contributed by atoms with Crippen molar-refractivity contribution in [2.75, 3.05) is 5.32 Å². The zero-order valence-corrected chi connectivity index (χ0v) is 10.1. The highest BCUT2D eigenvalue weighted by molar-refractivity contribution is 5.50. The molecule has 0 aliphatic rings. The summed E-state index contributed by atoms with van der Waals surface area (Å²) in [5.41, 5.74) is -0.140. The molecule has 1 aromatic carbocycles. The van der Waals surface area contributed by atoms with Crippen molar-refractivity contribution >= 4 is 5.69 Å². The van der Waals surface area contributed by atoms with E-state index in [0.717, 1.165) is 19.3 Å². The van der Waals surface area contributed by atoms with Gasteiger partial charge in [0.05, 0.1) is 11.3 Å². The highest BCUT2D eigenvalue weighted by Gasteiger charge is 2.15. The summed E-state index contributed by atoms with van der Waals surface area (Å²) in [6.07, 6.45) is 2.72. The largest absolute Gasteiger partial charge is 0.380 e. The van der Waals surface area contributed by atoms with Gasteiger partial charge in [0.2, 0.25) is 0 Å². The highest BCUT2D eigenvalue weighted by Crippen LogP contribution is 2.22. The number of rotatable bonds is 5. The van der Waals surface area contributed by atoms with Crippen LogP contribution in [0.5, 0.6) is 0 Å². The average molecular weight is 238 g/mol. The van der Waals surface area contributed by atoms with Crippen LogP contribution in [-0.4, -0.2) is 6.04 Å². The quantitative estimate of drug-likeness (QED) is 0.846. The topological polar surface area (TPSA) is 35.8 Å². The van der Waals surface area contributed by atoms with Gasteiger partial charge in [0, 0.05) is 6.04 Å². The third kappa shape index (κ3) is 3.16. The van der Waals surface area contributed by atoms with E-state index in [1.807, 2.05) is 13.8 Å². The standard InChI is InChI=1S/C13H16F2N2/c1-3-5-10(4-2)17-11-7-6-9(8-16)12(14)13(11)15/h6-7,10,17H,3-5H2,1-2H3. The molecule has 92 valence electrons. The van der Waals surface area contributed by atoms with Gasteiger partial charge in [-0.2, -0.15) is 5.26 Å². The molecule has 17 heavy (non-hydrogen) atoms. The lowest BCUT2D eigenvalue weighted by atomic mass is 10.1. The minimum atomic E-state index is -1.08. The Labute approximate surface area is 100 Å². The van der Waals surface area contributed by atoms with Crippen molar-refractivity contribution in [3.63, 3.8) is 0 Å². The average Bonchev–Trinajstić information content (AvgIpc) is 2.34. The van der Waals surface area contributed by atoms with Crippen molar-refractivity contribution in [2.45, 2.75) is 39.2 Å². The molecule has 0 spiro atoms. The van der Waals surface area contributed by atoms with Gasteiger partial charge in [-0.3, -0.25) is 0 Å². The first-order valence-electron chi connectivity index (χ1n) is 5.78. The molecule has 0 heterocycles. The number of anilines is 1. The van der Waals surface area contributed by atoms with Gasteiger partial charge in [-0.1, -0.05) is 20.3 Å². The molecule has 0 radical (unpaired) electrons. The van der Waals surface area contributed by atoms with Gasteiger partial charge in [0.25, 0.3) is 0 Å². The second-order valence-corrected chi connectivity index (χ2v) is 3.94. The third-order valence-corrected chi connectivity index (χ3v) is 2.69. The molecule has 1 aromatic rings. The Kier molecular flexibility index (Phi) is 4.89. The van der Waals surface area contributed by atoms with Crippen LogP contribution in [0.25, 0.3) is 0 Å². The van der Waals surface area contributed by atoms with Crippen LogP contribution in [0.3, 0.4) is 0 Å². The molecule has 1 rings (SSSR count). The van der Waals surface area contributed by atoms with E-state index in [9.17, 15) is 8.78 Å². The number of halogens is 2. The molecule has 0 bridgehead atoms. The van der Waals surface area contributed by atoms with Crippen LogP contribution >= 0.6 is 0 Å². The SMILES string of the molecule is CCCC(CC)Nc1ccc(C#N)c(F)c1F. The summed E-state index contributed by atoms with van der Waals surface area (Å²) in [6.45, 7) is 4.03. The third-order valence-electron chi connectivity index (χ3n) is 2.69. The predicted octanol–water partition coefficient (Wildman–Crippen LogP) is 3.83. The summed E-state index contributed by atoms with van der Waals surface area (Å²) in [5, 5.41) is 11.5. The summed E-state index contributed by atoms with van der Waals surface area (Å²) in [7, 11) is 0. The van der Waals surface area contributed by atoms with Crippen molar-refractivity contribution in [3.05, 3.63) is 29.3 Å². The van der Waals surface area contributed by atoms with E-state index in [-0.39, 0.29) is 17.3 Å². The van der Waals surface area contributed by atoms with E-state index in [4.69, 9.17) is 5.26 Å². The van der Waals surface area contributed by atoms with Crippen LogP contribution in [0, 0.1) is 23.0 Å². The minimum absolute atomic E-state index is 0.127. The molecule has 4 heteroatoms. The van der Waals surface area contributed by atoms with E-state index >= 15 is 0 Å². The van der Waals surface area contributed by atoms with E-state index in [2.05, 4.69) is 5.32 Å². The van der Waals surface area contributed by atoms with Crippen molar-refractivity contribution < 1.29 is 8.78 Å². The minimum Gasteiger partial charge on any atom is -0.380 e. The normalized spacial score (nSPS) is 11.9. The second-order valence-electron chi connectivity index (χ2n) is 3.94. The number of hydrogen-bond acceptors (Lipinski definition) is 2. The fourth-order valence-corrected chi connectivity index (χ4v) is 1.69. The number of hydrogen-bond donors (Lipinski definition) is 1. The van der Waals surface area contributed by atoms with Crippen LogP contribution in [0.15, 0.2) is 12.1 Å². The zero-order valence-electron chi connectivity index (χ0n) is 10.1. The molecule has 1 N–H and O–H groups in total. The Bertz CT molecular complexity index is 424. The maximum atomic E-state index is 13.6. The van der Waals surface area contributed by atoms with Gasteiger partial charge in [-0.25, -0.2) is 8.78 Å². The first kappa shape index (κ1) is 13.4. The maximum absolute atomic E-state index is 13.6. The molecule has 0 fully saturated rings. The van der Waals surface area contributed by atoms with Crippen LogP contribution in [0.4, 0.5) is 14.5 Å². The molecule has 0 aromatic heterocycles. The molecular weight excluding hydrogens is 222 g/mol. The molecule has 0 amide bonds. The monoisotopic (exact) mass is 238 g/mol. The number of benzene rings is 1. The van der Waals surface area contributed by atoms with Crippen molar-refractivity contribution in [1.82, 2.24) is 0 Å². The van der Waals surface area contributed by atoms with Crippen molar-refractivity contribution in [3.8, 4) is 6.07 Å². The summed E-state index contributed by atoms with van der Waals surface area (Å²) < 4.78 is 27.0. The molecule has 0 saturated carbocycles. The van der Waals surface area contributed by atoms with Gasteiger partial charge < -0.3 is 5.32 Å². The first-order valence-corrected chi connectivity index (χ1v) is 5.78. The van der Waals surface area contributed by atoms with Gasteiger partial charge >= 0.3 is 0 Å². The Morgan fingerprint density at radius 2 is 2.00 bits per heavy atom. The Morgan fingerprint density at radius 1 is 1.29 bits per heavy atom. The summed E-state index contributed by atoms with van der Waals surface area (Å²) in [4.78, 5) is 0. The van der Waals surface area contributed by atoms with E-state index in [1.54, 1.807) is 6.07 Å². The smallest absolute Gasteiger partial charge is 0.183 e. The lowest BCUT2D eigenvalue weighted by Gasteiger charge is -2.18. The fraction of sp³-hybridized carbons (Fsp3) is 0.462. The molecule has 0 aliphatic heterocycles. The number of nitriles is 1. The second kappa shape index (κ2) is 6.19. The fourth-order valence-electron chi connectivity index (χ4n) is 1.69. The van der Waals surface area contributed by atoms with Gasteiger partial charge in [-0.05, 0) is 25.0 Å². The molecular formula is C13H16F2N2. The van der Waals surface area contributed by atoms with Crippen LogP contribution < -0.4 is 5.32 Å². The molecule has 1 atom stereocenters. The lowest BCUT2D eigenvalue weighted by molar-refractivity contribution is 0.505. The van der Waals surface area contributed by atoms with Crippen molar-refractivity contribution in [1.29, 1.82) is 5.26 Å². The van der Waals surface area contributed by atoms with E-state index in [0.29, 0.717) is 0 Å². The van der Waals surface area contributed by atoms with Crippen LogP contribution in [0.2, 0.25) is 0 Å². The highest BCUT2D eigenvalue weighted by atomic mass is 19.2. The molecule has 0 saturated heterocycles. The predicted molar refractivity (Wildman–Crippen MR) is 63.7 cm³/mol. The summed E-state index contributed by atoms with van der Waals surface area (Å²) in [6, 6.07) is 4.44. The maximum Gasteiger partial charge on any atom is 0.183 e. The number of nitrogens with zero attached hydrogens (tertiary/aromatic N) is 1. The van der Waals surface area contributed by atoms with Crippen molar-refractivity contribution in [2.24, 2.45) is 0 Å². The Morgan fingerprint density at radius 3 is 2.53 bits per heavy atom. The van der Waals surface area contributed by atoms with Crippen LogP contribution in [-0.2, 0) is 0 Å². The number of nitrogens with one attached hydrogen (secondary N) is 1. The van der Waals surface area contributed by atoms with Gasteiger partial charge in [0.1, 0.15) is 6.07 Å². The summed E-state index contributed by atoms with van der Waals surface area (Å²) >= 11 is 0. The first-order chi connectivity index (χ1) is 8.13. The van der Waals surface area contributed by atoms with Crippen LogP contribution in [0.1, 0.15) is 38.7 Å².